The van der Waals surface area contributed by atoms with Crippen LogP contribution in [0.15, 0.2) is 134 Å². The van der Waals surface area contributed by atoms with Crippen LogP contribution >= 0.6 is 0 Å². The van der Waals surface area contributed by atoms with Crippen LogP contribution in [-0.2, 0) is 33.3 Å². The van der Waals surface area contributed by atoms with E-state index >= 15 is 0 Å². The molecule has 0 heterocycles. The molecular weight excluding hydrogens is 1200 g/mol. The number of hydrogen-bond donors (Lipinski definition) is 1. The Hall–Kier alpha value is -4.57. The minimum atomic E-state index is -1.52. The topological polar surface area (TPSA) is 108 Å². The van der Waals surface area contributed by atoms with E-state index in [4.69, 9.17) is 18.9 Å². The maximum atomic E-state index is 13.0. The SMILES string of the molecule is CC/C=C\C/C=C\C/C=C\C/C=C\C/C=C\C/C=C\C/C=C\C/C=C\C/C=C\C/C=C\C/C=C\CCCCCCCC(=O)OC(COC(=O)CCCCCCCCCCCCCCCCCCCCCCCCCCCCCCCCCCC)COC(OCC[N+](C)(C)C)C(=O)O. The molecule has 0 saturated carbocycles. The molecule has 0 aliphatic carbocycles. The fourth-order valence-electron chi connectivity index (χ4n) is 11.3. The van der Waals surface area contributed by atoms with Crippen molar-refractivity contribution in [2.24, 2.45) is 0 Å². The fourth-order valence-corrected chi connectivity index (χ4v) is 11.3. The highest BCUT2D eigenvalue weighted by atomic mass is 16.7. The summed E-state index contributed by atoms with van der Waals surface area (Å²) in [6.45, 7) is 4.77. The lowest BCUT2D eigenvalue weighted by atomic mass is 10.0. The number of likely N-dealkylation sites (N-methyl/N-ethyl adjacent to an activating group) is 1. The van der Waals surface area contributed by atoms with Gasteiger partial charge in [0.2, 0.25) is 0 Å². The Labute approximate surface area is 599 Å². The zero-order valence-electron chi connectivity index (χ0n) is 63.7. The summed E-state index contributed by atoms with van der Waals surface area (Å²) in [6, 6.07) is 0. The van der Waals surface area contributed by atoms with E-state index in [1.165, 1.54) is 193 Å². The molecule has 0 bridgehead atoms. The van der Waals surface area contributed by atoms with Crippen molar-refractivity contribution in [1.82, 2.24) is 0 Å². The van der Waals surface area contributed by atoms with E-state index in [-0.39, 0.29) is 32.2 Å². The lowest BCUT2D eigenvalue weighted by molar-refractivity contribution is -0.870. The molecule has 0 radical (unpaired) electrons. The molecule has 0 amide bonds. The van der Waals surface area contributed by atoms with Gasteiger partial charge in [-0.05, 0) is 96.3 Å². The average molecular weight is 1350 g/mol. The van der Waals surface area contributed by atoms with Crippen molar-refractivity contribution >= 4 is 17.9 Å². The van der Waals surface area contributed by atoms with Gasteiger partial charge in [-0.25, -0.2) is 4.79 Å². The first-order chi connectivity index (χ1) is 47.6. The summed E-state index contributed by atoms with van der Waals surface area (Å²) in [7, 11) is 5.97. The third kappa shape index (κ3) is 78.6. The summed E-state index contributed by atoms with van der Waals surface area (Å²) < 4.78 is 23.0. The molecule has 0 aliphatic rings. The van der Waals surface area contributed by atoms with Gasteiger partial charge in [-0.3, -0.25) is 9.59 Å². The van der Waals surface area contributed by atoms with Crippen LogP contribution in [0.5, 0.6) is 0 Å². The number of aliphatic carboxylic acids is 1. The lowest BCUT2D eigenvalue weighted by Crippen LogP contribution is -2.40. The standard InChI is InChI=1S/C88H151NO8/c1-6-8-10-12-14-16-18-20-22-24-26-28-30-32-34-36-38-40-41-42-43-44-45-47-49-51-53-55-57-59-61-63-65-67-69-71-73-75-77-79-86(91)97-84(83-96-88(87(92)93)94-81-80-89(3,4)5)82-95-85(90)78-76-74-72-70-68-66-64-62-60-58-56-54-52-50-48-46-39-37-35-33-31-29-27-25-23-21-19-17-15-13-11-9-7-2/h8,10,14,16,20,22,26,28,32,34,38,40,42-43,45,47,51,53,57,59,63,65,84,88H,6-7,9,11-13,15,17-19,21,23-25,27,29-31,33,35-37,39,41,44,46,48-50,52,54-56,58,60-62,64,66-83H2,1-5H3/p+1/b10-8-,16-14-,22-20-,28-26-,34-32-,40-38-,43-42-,47-45-,53-51-,59-57-,65-63-. The van der Waals surface area contributed by atoms with Crippen molar-refractivity contribution in [2.45, 2.75) is 360 Å². The number of ether oxygens (including phenoxy) is 4. The molecule has 0 saturated heterocycles. The maximum absolute atomic E-state index is 13.0. The zero-order valence-corrected chi connectivity index (χ0v) is 63.7. The van der Waals surface area contributed by atoms with Crippen LogP contribution in [0.3, 0.4) is 0 Å². The molecule has 0 aromatic heterocycles. The number of carboxylic acid groups (broad SMARTS) is 1. The Morgan fingerprint density at radius 3 is 0.876 bits per heavy atom. The van der Waals surface area contributed by atoms with Crippen molar-refractivity contribution < 1.29 is 42.9 Å². The van der Waals surface area contributed by atoms with Crippen molar-refractivity contribution in [3.8, 4) is 0 Å². The number of rotatable bonds is 74. The first-order valence-corrected chi connectivity index (χ1v) is 40.3. The molecule has 0 fully saturated rings. The number of hydrogen-bond acceptors (Lipinski definition) is 7. The number of carbonyl (C=O) groups is 3. The molecule has 0 aromatic rings. The summed E-state index contributed by atoms with van der Waals surface area (Å²) in [4.78, 5) is 37.7. The summed E-state index contributed by atoms with van der Waals surface area (Å²) in [5.74, 6) is -2.03. The monoisotopic (exact) mass is 1350 g/mol. The highest BCUT2D eigenvalue weighted by Crippen LogP contribution is 2.19. The zero-order chi connectivity index (χ0) is 70.4. The number of carbonyl (C=O) groups excluding carboxylic acids is 2. The predicted molar refractivity (Wildman–Crippen MR) is 419 cm³/mol. The summed E-state index contributed by atoms with van der Waals surface area (Å²) in [5, 5.41) is 9.77. The quantitative estimate of drug-likeness (QED) is 0.0211. The molecule has 0 aliphatic heterocycles. The van der Waals surface area contributed by atoms with Crippen LogP contribution in [0.2, 0.25) is 0 Å². The average Bonchev–Trinajstić information content (AvgIpc) is 2.39. The van der Waals surface area contributed by atoms with Crippen LogP contribution < -0.4 is 0 Å². The highest BCUT2D eigenvalue weighted by Gasteiger charge is 2.25. The molecule has 556 valence electrons. The van der Waals surface area contributed by atoms with E-state index in [9.17, 15) is 19.5 Å². The van der Waals surface area contributed by atoms with Gasteiger partial charge in [0.25, 0.3) is 6.29 Å². The van der Waals surface area contributed by atoms with Gasteiger partial charge in [0.1, 0.15) is 13.2 Å². The largest absolute Gasteiger partial charge is 0.477 e. The van der Waals surface area contributed by atoms with E-state index in [0.717, 1.165) is 122 Å². The molecule has 1 N–H and O–H groups in total. The summed E-state index contributed by atoms with van der Waals surface area (Å²) >= 11 is 0. The minimum Gasteiger partial charge on any atom is -0.477 e. The van der Waals surface area contributed by atoms with Crippen molar-refractivity contribution in [2.75, 3.05) is 47.5 Å². The molecule has 9 nitrogen and oxygen atoms in total. The fraction of sp³-hybridized carbons (Fsp3) is 0.716. The van der Waals surface area contributed by atoms with Gasteiger partial charge in [-0.2, -0.15) is 0 Å². The highest BCUT2D eigenvalue weighted by molar-refractivity contribution is 5.71. The Kier molecular flexibility index (Phi) is 73.5. The number of carboxylic acids is 1. The van der Waals surface area contributed by atoms with E-state index in [2.05, 4.69) is 148 Å². The van der Waals surface area contributed by atoms with Crippen molar-refractivity contribution in [1.29, 1.82) is 0 Å². The second-order valence-corrected chi connectivity index (χ2v) is 28.0. The van der Waals surface area contributed by atoms with E-state index in [0.29, 0.717) is 23.9 Å². The predicted octanol–water partition coefficient (Wildman–Crippen LogP) is 26.0. The molecule has 2 atom stereocenters. The Morgan fingerprint density at radius 1 is 0.320 bits per heavy atom. The smallest absolute Gasteiger partial charge is 0.361 e. The Bertz CT molecular complexity index is 2060. The normalized spacial score (nSPS) is 13.4. The van der Waals surface area contributed by atoms with Crippen molar-refractivity contribution in [3.63, 3.8) is 0 Å². The van der Waals surface area contributed by atoms with E-state index in [1.54, 1.807) is 0 Å². The van der Waals surface area contributed by atoms with Gasteiger partial charge < -0.3 is 28.5 Å². The molecule has 97 heavy (non-hydrogen) atoms. The van der Waals surface area contributed by atoms with Crippen LogP contribution in [0.4, 0.5) is 0 Å². The van der Waals surface area contributed by atoms with Crippen LogP contribution in [0.25, 0.3) is 0 Å². The van der Waals surface area contributed by atoms with Crippen molar-refractivity contribution in [3.05, 3.63) is 134 Å². The molecular formula is C88H152NO8+. The number of quaternary nitrogens is 1. The Balaban J connectivity index is 4.12. The number of esters is 2. The molecule has 0 aromatic carbocycles. The second kappa shape index (κ2) is 77.2. The van der Waals surface area contributed by atoms with Crippen LogP contribution in [-0.4, -0.2) is 87.4 Å². The first-order valence-electron chi connectivity index (χ1n) is 40.3. The van der Waals surface area contributed by atoms with Gasteiger partial charge >= 0.3 is 17.9 Å². The van der Waals surface area contributed by atoms with Gasteiger partial charge in [0.05, 0.1) is 34.4 Å². The third-order valence-corrected chi connectivity index (χ3v) is 17.4. The summed E-state index contributed by atoms with van der Waals surface area (Å²) in [5.41, 5.74) is 0. The Morgan fingerprint density at radius 2 is 0.588 bits per heavy atom. The van der Waals surface area contributed by atoms with Gasteiger partial charge in [-0.1, -0.05) is 372 Å². The van der Waals surface area contributed by atoms with Crippen LogP contribution in [0.1, 0.15) is 348 Å². The number of unbranched alkanes of at least 4 members (excludes halogenated alkanes) is 37. The second-order valence-electron chi connectivity index (χ2n) is 28.0. The minimum absolute atomic E-state index is 0.179. The van der Waals surface area contributed by atoms with Gasteiger partial charge in [-0.15, -0.1) is 0 Å². The molecule has 2 unspecified atom stereocenters. The maximum Gasteiger partial charge on any atom is 0.361 e. The van der Waals surface area contributed by atoms with E-state index < -0.39 is 24.3 Å². The lowest BCUT2D eigenvalue weighted by Gasteiger charge is -2.25. The first kappa shape index (κ1) is 92.4. The number of allylic oxidation sites excluding steroid dienone is 22. The molecule has 0 rings (SSSR count). The summed E-state index contributed by atoms with van der Waals surface area (Å²) in [6.07, 6.45) is 109. The molecule has 9 heteroatoms. The third-order valence-electron chi connectivity index (χ3n) is 17.4. The van der Waals surface area contributed by atoms with Crippen LogP contribution in [0, 0.1) is 0 Å². The number of nitrogens with zero attached hydrogens (tertiary/aromatic N) is 1. The van der Waals surface area contributed by atoms with E-state index in [1.807, 2.05) is 21.1 Å². The molecule has 0 spiro atoms. The van der Waals surface area contributed by atoms with Gasteiger partial charge in [0.15, 0.2) is 6.10 Å². The van der Waals surface area contributed by atoms with Gasteiger partial charge in [0, 0.05) is 12.8 Å².